The maximum Gasteiger partial charge on any atom is 0.224 e. The lowest BCUT2D eigenvalue weighted by molar-refractivity contribution is -0.120. The van der Waals surface area contributed by atoms with Crippen LogP contribution in [0, 0.1) is 0 Å². The summed E-state index contributed by atoms with van der Waals surface area (Å²) < 4.78 is 0. The molecule has 0 radical (unpaired) electrons. The first-order chi connectivity index (χ1) is 7.27. The molecule has 0 bridgehead atoms. The molecule has 0 atom stereocenters. The number of hydrogen-bond acceptors (Lipinski definition) is 2. The van der Waals surface area contributed by atoms with Gasteiger partial charge in [0.2, 0.25) is 5.91 Å². The molecular weight excluding hydrogens is 206 g/mol. The first kappa shape index (κ1) is 12.1. The maximum atomic E-state index is 11.5. The highest BCUT2D eigenvalue weighted by atomic mass is 32.2. The third kappa shape index (κ3) is 3.96. The van der Waals surface area contributed by atoms with Gasteiger partial charge >= 0.3 is 0 Å². The van der Waals surface area contributed by atoms with Gasteiger partial charge in [-0.1, -0.05) is 25.1 Å². The summed E-state index contributed by atoms with van der Waals surface area (Å²) in [5, 5.41) is 2.88. The third-order valence-electron chi connectivity index (χ3n) is 2.12. The van der Waals surface area contributed by atoms with Crippen molar-refractivity contribution in [1.29, 1.82) is 0 Å². The van der Waals surface area contributed by atoms with Gasteiger partial charge in [0.15, 0.2) is 0 Å². The standard InChI is InChI=1S/C12H17NOS/c1-3-8-13-12(14)9-10-6-4-5-7-11(10)15-2/h4-7H,3,8-9H2,1-2H3,(H,13,14). The molecule has 0 heterocycles. The Morgan fingerprint density at radius 1 is 1.40 bits per heavy atom. The molecule has 3 heteroatoms. The molecule has 0 aromatic heterocycles. The topological polar surface area (TPSA) is 29.1 Å². The van der Waals surface area contributed by atoms with Gasteiger partial charge in [-0.15, -0.1) is 11.8 Å². The van der Waals surface area contributed by atoms with Crippen molar-refractivity contribution in [2.45, 2.75) is 24.7 Å². The normalized spacial score (nSPS) is 10.0. The molecule has 1 amide bonds. The number of nitrogens with one attached hydrogen (secondary N) is 1. The molecule has 1 rings (SSSR count). The molecule has 0 unspecified atom stereocenters. The van der Waals surface area contributed by atoms with E-state index < -0.39 is 0 Å². The highest BCUT2D eigenvalue weighted by Crippen LogP contribution is 2.19. The molecule has 1 N–H and O–H groups in total. The summed E-state index contributed by atoms with van der Waals surface area (Å²) in [5.41, 5.74) is 1.11. The van der Waals surface area contributed by atoms with Crippen LogP contribution < -0.4 is 5.32 Å². The van der Waals surface area contributed by atoms with Gasteiger partial charge < -0.3 is 5.32 Å². The summed E-state index contributed by atoms with van der Waals surface area (Å²) in [6, 6.07) is 8.03. The number of thioether (sulfide) groups is 1. The molecule has 82 valence electrons. The van der Waals surface area contributed by atoms with Gasteiger partial charge in [-0.25, -0.2) is 0 Å². The van der Waals surface area contributed by atoms with Crippen LogP contribution in [-0.4, -0.2) is 18.7 Å². The Hall–Kier alpha value is -0.960. The second kappa shape index (κ2) is 6.51. The Morgan fingerprint density at radius 3 is 2.80 bits per heavy atom. The van der Waals surface area contributed by atoms with Crippen molar-refractivity contribution in [3.05, 3.63) is 29.8 Å². The van der Waals surface area contributed by atoms with Crippen LogP contribution in [0.3, 0.4) is 0 Å². The second-order valence-corrected chi connectivity index (χ2v) is 4.19. The Morgan fingerprint density at radius 2 is 2.13 bits per heavy atom. The zero-order chi connectivity index (χ0) is 11.1. The lowest BCUT2D eigenvalue weighted by Crippen LogP contribution is -2.25. The smallest absolute Gasteiger partial charge is 0.224 e. The molecule has 2 nitrogen and oxygen atoms in total. The SMILES string of the molecule is CCCNC(=O)Cc1ccccc1SC. The van der Waals surface area contributed by atoms with E-state index in [1.54, 1.807) is 11.8 Å². The monoisotopic (exact) mass is 223 g/mol. The van der Waals surface area contributed by atoms with E-state index in [9.17, 15) is 4.79 Å². The van der Waals surface area contributed by atoms with Gasteiger partial charge in [-0.3, -0.25) is 4.79 Å². The fraction of sp³-hybridized carbons (Fsp3) is 0.417. The molecule has 0 saturated heterocycles. The zero-order valence-electron chi connectivity index (χ0n) is 9.25. The van der Waals surface area contributed by atoms with Crippen LogP contribution in [0.2, 0.25) is 0 Å². The third-order valence-corrected chi connectivity index (χ3v) is 2.95. The molecule has 0 aliphatic rings. The van der Waals surface area contributed by atoms with Gasteiger partial charge in [0.1, 0.15) is 0 Å². The van der Waals surface area contributed by atoms with Crippen molar-refractivity contribution in [3.63, 3.8) is 0 Å². The molecular formula is C12H17NOS. The quantitative estimate of drug-likeness (QED) is 0.777. The van der Waals surface area contributed by atoms with Crippen LogP contribution in [0.1, 0.15) is 18.9 Å². The van der Waals surface area contributed by atoms with E-state index in [0.29, 0.717) is 6.42 Å². The summed E-state index contributed by atoms with van der Waals surface area (Å²) in [4.78, 5) is 12.7. The highest BCUT2D eigenvalue weighted by Gasteiger charge is 2.05. The minimum Gasteiger partial charge on any atom is -0.356 e. The highest BCUT2D eigenvalue weighted by molar-refractivity contribution is 7.98. The van der Waals surface area contributed by atoms with E-state index in [4.69, 9.17) is 0 Å². The van der Waals surface area contributed by atoms with Gasteiger partial charge in [-0.05, 0) is 24.3 Å². The van der Waals surface area contributed by atoms with Crippen LogP contribution in [0.15, 0.2) is 29.2 Å². The number of rotatable bonds is 5. The summed E-state index contributed by atoms with van der Waals surface area (Å²) >= 11 is 1.68. The van der Waals surface area contributed by atoms with Gasteiger partial charge in [0, 0.05) is 11.4 Å². The Labute approximate surface area is 95.5 Å². The predicted octanol–water partition coefficient (Wildman–Crippen LogP) is 2.48. The van der Waals surface area contributed by atoms with Crippen molar-refractivity contribution >= 4 is 17.7 Å². The lowest BCUT2D eigenvalue weighted by atomic mass is 10.1. The van der Waals surface area contributed by atoms with E-state index in [-0.39, 0.29) is 5.91 Å². The Balaban J connectivity index is 2.59. The predicted molar refractivity (Wildman–Crippen MR) is 65.2 cm³/mol. The van der Waals surface area contributed by atoms with Crippen molar-refractivity contribution in [1.82, 2.24) is 5.32 Å². The van der Waals surface area contributed by atoms with Crippen LogP contribution in [0.5, 0.6) is 0 Å². The van der Waals surface area contributed by atoms with Crippen molar-refractivity contribution < 1.29 is 4.79 Å². The molecule has 0 saturated carbocycles. The largest absolute Gasteiger partial charge is 0.356 e. The van der Waals surface area contributed by atoms with E-state index in [1.165, 1.54) is 4.90 Å². The number of carbonyl (C=O) groups excluding carboxylic acids is 1. The zero-order valence-corrected chi connectivity index (χ0v) is 10.1. The summed E-state index contributed by atoms with van der Waals surface area (Å²) in [5.74, 6) is 0.110. The second-order valence-electron chi connectivity index (χ2n) is 3.34. The number of amides is 1. The van der Waals surface area contributed by atoms with E-state index in [0.717, 1.165) is 18.5 Å². The summed E-state index contributed by atoms with van der Waals surface area (Å²) in [6.45, 7) is 2.82. The number of hydrogen-bond donors (Lipinski definition) is 1. The van der Waals surface area contributed by atoms with E-state index in [2.05, 4.69) is 12.2 Å². The van der Waals surface area contributed by atoms with E-state index in [1.807, 2.05) is 30.5 Å². The van der Waals surface area contributed by atoms with Crippen molar-refractivity contribution in [3.8, 4) is 0 Å². The molecule has 0 spiro atoms. The Bertz CT molecular complexity index is 325. The van der Waals surface area contributed by atoms with Gasteiger partial charge in [0.25, 0.3) is 0 Å². The Kier molecular flexibility index (Phi) is 5.26. The number of benzene rings is 1. The first-order valence-corrected chi connectivity index (χ1v) is 6.39. The maximum absolute atomic E-state index is 11.5. The van der Waals surface area contributed by atoms with Crippen LogP contribution >= 0.6 is 11.8 Å². The van der Waals surface area contributed by atoms with Crippen LogP contribution in [0.4, 0.5) is 0 Å². The fourth-order valence-electron chi connectivity index (χ4n) is 1.35. The molecule has 1 aromatic rings. The molecule has 15 heavy (non-hydrogen) atoms. The lowest BCUT2D eigenvalue weighted by Gasteiger charge is -2.07. The first-order valence-electron chi connectivity index (χ1n) is 5.16. The molecule has 1 aromatic carbocycles. The van der Waals surface area contributed by atoms with Crippen molar-refractivity contribution in [2.75, 3.05) is 12.8 Å². The van der Waals surface area contributed by atoms with E-state index >= 15 is 0 Å². The molecule has 0 aliphatic carbocycles. The molecule has 0 aliphatic heterocycles. The average molecular weight is 223 g/mol. The summed E-state index contributed by atoms with van der Waals surface area (Å²) in [6.07, 6.45) is 3.50. The van der Waals surface area contributed by atoms with Crippen LogP contribution in [0.25, 0.3) is 0 Å². The average Bonchev–Trinajstić information content (AvgIpc) is 2.27. The fourth-order valence-corrected chi connectivity index (χ4v) is 1.97. The minimum absolute atomic E-state index is 0.110. The minimum atomic E-state index is 0.110. The molecule has 0 fully saturated rings. The van der Waals surface area contributed by atoms with Gasteiger partial charge in [0.05, 0.1) is 6.42 Å². The van der Waals surface area contributed by atoms with Crippen molar-refractivity contribution in [2.24, 2.45) is 0 Å². The summed E-state index contributed by atoms with van der Waals surface area (Å²) in [7, 11) is 0. The van der Waals surface area contributed by atoms with Gasteiger partial charge in [-0.2, -0.15) is 0 Å². The van der Waals surface area contributed by atoms with Crippen LogP contribution in [-0.2, 0) is 11.2 Å². The number of carbonyl (C=O) groups is 1.